The number of phenolic OH excluding ortho intramolecular Hbond substituents is 1. The van der Waals surface area contributed by atoms with Crippen LogP contribution in [-0.2, 0) is 6.54 Å². The minimum Gasteiger partial charge on any atom is -0.507 e. The summed E-state index contributed by atoms with van der Waals surface area (Å²) in [6.07, 6.45) is 3.79. The number of halogens is 2. The first-order chi connectivity index (χ1) is 13.6. The average molecular weight is 451 g/mol. The van der Waals surface area contributed by atoms with Gasteiger partial charge < -0.3 is 14.7 Å². The van der Waals surface area contributed by atoms with Crippen molar-refractivity contribution in [3.63, 3.8) is 0 Å². The standard InChI is InChI=1S/C22H28BrFN2O2/c1-2-26(19-7-6-8-20(27)22(19)23)16-17-9-10-21(18(24)15-17)28-14-13-25-11-4-3-5-12-25/h6-10,15,27H,2-5,11-14,16H2,1H3. The van der Waals surface area contributed by atoms with Gasteiger partial charge in [-0.3, -0.25) is 4.90 Å². The summed E-state index contributed by atoms with van der Waals surface area (Å²) in [7, 11) is 0. The van der Waals surface area contributed by atoms with E-state index in [2.05, 4.69) is 25.7 Å². The van der Waals surface area contributed by atoms with Crippen molar-refractivity contribution in [2.45, 2.75) is 32.7 Å². The molecule has 2 aromatic rings. The van der Waals surface area contributed by atoms with Crippen molar-refractivity contribution in [1.82, 2.24) is 4.90 Å². The summed E-state index contributed by atoms with van der Waals surface area (Å²) < 4.78 is 20.8. The van der Waals surface area contributed by atoms with E-state index >= 15 is 0 Å². The van der Waals surface area contributed by atoms with Crippen molar-refractivity contribution < 1.29 is 14.2 Å². The zero-order valence-electron chi connectivity index (χ0n) is 16.3. The van der Waals surface area contributed by atoms with Crippen LogP contribution in [0.2, 0.25) is 0 Å². The van der Waals surface area contributed by atoms with Crippen LogP contribution in [0.3, 0.4) is 0 Å². The molecule has 1 aliphatic heterocycles. The van der Waals surface area contributed by atoms with Crippen LogP contribution < -0.4 is 9.64 Å². The third-order valence-electron chi connectivity index (χ3n) is 5.16. The quantitative estimate of drug-likeness (QED) is 0.600. The number of likely N-dealkylation sites (tertiary alicyclic amines) is 1. The number of rotatable bonds is 8. The Morgan fingerprint density at radius 3 is 2.68 bits per heavy atom. The van der Waals surface area contributed by atoms with Crippen molar-refractivity contribution >= 4 is 21.6 Å². The normalized spacial score (nSPS) is 14.8. The van der Waals surface area contributed by atoms with E-state index in [4.69, 9.17) is 4.74 Å². The van der Waals surface area contributed by atoms with Gasteiger partial charge in [-0.05, 0) is 78.6 Å². The van der Waals surface area contributed by atoms with E-state index in [0.29, 0.717) is 23.4 Å². The maximum absolute atomic E-state index is 14.5. The molecule has 0 amide bonds. The average Bonchev–Trinajstić information content (AvgIpc) is 2.71. The minimum absolute atomic E-state index is 0.194. The van der Waals surface area contributed by atoms with Crippen molar-refractivity contribution in [2.24, 2.45) is 0 Å². The fraction of sp³-hybridized carbons (Fsp3) is 0.455. The smallest absolute Gasteiger partial charge is 0.165 e. The highest BCUT2D eigenvalue weighted by Crippen LogP contribution is 2.34. The molecule has 6 heteroatoms. The van der Waals surface area contributed by atoms with Crippen LogP contribution in [0.25, 0.3) is 0 Å². The van der Waals surface area contributed by atoms with Gasteiger partial charge in [-0.2, -0.15) is 0 Å². The molecule has 3 rings (SSSR count). The van der Waals surface area contributed by atoms with Crippen molar-refractivity contribution in [2.75, 3.05) is 37.7 Å². The Kier molecular flexibility index (Phi) is 7.57. The van der Waals surface area contributed by atoms with Crippen LogP contribution in [0.15, 0.2) is 40.9 Å². The number of nitrogens with zero attached hydrogens (tertiary/aromatic N) is 2. The fourth-order valence-corrected chi connectivity index (χ4v) is 4.08. The van der Waals surface area contributed by atoms with Gasteiger partial charge in [0.25, 0.3) is 0 Å². The molecule has 4 nitrogen and oxygen atoms in total. The number of hydrogen-bond acceptors (Lipinski definition) is 4. The molecular weight excluding hydrogens is 423 g/mol. The van der Waals surface area contributed by atoms with E-state index in [0.717, 1.165) is 37.4 Å². The summed E-state index contributed by atoms with van der Waals surface area (Å²) in [5.41, 5.74) is 1.74. The lowest BCUT2D eigenvalue weighted by atomic mass is 10.1. The highest BCUT2D eigenvalue weighted by atomic mass is 79.9. The second kappa shape index (κ2) is 10.1. The number of piperidine rings is 1. The molecule has 0 unspecified atom stereocenters. The molecule has 1 fully saturated rings. The Bertz CT molecular complexity index is 781. The third-order valence-corrected chi connectivity index (χ3v) is 5.98. The molecule has 0 spiro atoms. The van der Waals surface area contributed by atoms with Crippen molar-refractivity contribution in [3.05, 3.63) is 52.3 Å². The number of anilines is 1. The summed E-state index contributed by atoms with van der Waals surface area (Å²) in [6, 6.07) is 10.5. The Hall–Kier alpha value is -1.79. The molecule has 1 saturated heterocycles. The highest BCUT2D eigenvalue weighted by molar-refractivity contribution is 9.10. The Morgan fingerprint density at radius 2 is 1.96 bits per heavy atom. The molecule has 1 aliphatic rings. The topological polar surface area (TPSA) is 35.9 Å². The maximum atomic E-state index is 14.5. The van der Waals surface area contributed by atoms with E-state index < -0.39 is 0 Å². The zero-order valence-corrected chi connectivity index (χ0v) is 17.9. The second-order valence-electron chi connectivity index (χ2n) is 7.14. The van der Waals surface area contributed by atoms with Gasteiger partial charge in [0.2, 0.25) is 0 Å². The minimum atomic E-state index is -0.331. The van der Waals surface area contributed by atoms with E-state index in [9.17, 15) is 9.50 Å². The molecule has 0 aromatic heterocycles. The first-order valence-electron chi connectivity index (χ1n) is 9.94. The Balaban J connectivity index is 1.60. The predicted molar refractivity (Wildman–Crippen MR) is 115 cm³/mol. The van der Waals surface area contributed by atoms with Crippen LogP contribution in [0.5, 0.6) is 11.5 Å². The molecule has 0 aliphatic carbocycles. The summed E-state index contributed by atoms with van der Waals surface area (Å²) in [5, 5.41) is 9.91. The molecule has 2 aromatic carbocycles. The fourth-order valence-electron chi connectivity index (χ4n) is 3.57. The van der Waals surface area contributed by atoms with Gasteiger partial charge in [0.1, 0.15) is 12.4 Å². The van der Waals surface area contributed by atoms with Crippen LogP contribution in [0, 0.1) is 5.82 Å². The lowest BCUT2D eigenvalue weighted by molar-refractivity contribution is 0.180. The Morgan fingerprint density at radius 1 is 1.18 bits per heavy atom. The second-order valence-corrected chi connectivity index (χ2v) is 7.93. The van der Waals surface area contributed by atoms with E-state index in [1.54, 1.807) is 18.2 Å². The molecule has 0 bridgehead atoms. The van der Waals surface area contributed by atoms with Gasteiger partial charge in [0.05, 0.1) is 10.2 Å². The molecule has 0 atom stereocenters. The van der Waals surface area contributed by atoms with Crippen LogP contribution in [-0.4, -0.2) is 42.8 Å². The lowest BCUT2D eigenvalue weighted by Gasteiger charge is -2.26. The first-order valence-corrected chi connectivity index (χ1v) is 10.7. The van der Waals surface area contributed by atoms with Gasteiger partial charge in [-0.1, -0.05) is 18.6 Å². The monoisotopic (exact) mass is 450 g/mol. The van der Waals surface area contributed by atoms with Gasteiger partial charge >= 0.3 is 0 Å². The van der Waals surface area contributed by atoms with E-state index in [-0.39, 0.29) is 11.6 Å². The summed E-state index contributed by atoms with van der Waals surface area (Å²) in [5.74, 6) is 0.170. The van der Waals surface area contributed by atoms with Crippen molar-refractivity contribution in [3.8, 4) is 11.5 Å². The predicted octanol–water partition coefficient (Wildman–Crippen LogP) is 5.19. The maximum Gasteiger partial charge on any atom is 0.165 e. The molecular formula is C22H28BrFN2O2. The zero-order chi connectivity index (χ0) is 19.9. The number of benzene rings is 2. The van der Waals surface area contributed by atoms with E-state index in [1.807, 2.05) is 19.1 Å². The van der Waals surface area contributed by atoms with Gasteiger partial charge in [0.15, 0.2) is 11.6 Å². The summed E-state index contributed by atoms with van der Waals surface area (Å²) in [6.45, 7) is 6.89. The number of ether oxygens (including phenoxy) is 1. The number of hydrogen-bond donors (Lipinski definition) is 1. The summed E-state index contributed by atoms with van der Waals surface area (Å²) >= 11 is 3.43. The van der Waals surface area contributed by atoms with E-state index in [1.165, 1.54) is 25.3 Å². The highest BCUT2D eigenvalue weighted by Gasteiger charge is 2.14. The SMILES string of the molecule is CCN(Cc1ccc(OCCN2CCCCC2)c(F)c1)c1cccc(O)c1Br. The molecule has 28 heavy (non-hydrogen) atoms. The van der Waals surface area contributed by atoms with Crippen LogP contribution in [0.4, 0.5) is 10.1 Å². The number of aromatic hydroxyl groups is 1. The molecule has 152 valence electrons. The van der Waals surface area contributed by atoms with Gasteiger partial charge in [-0.15, -0.1) is 0 Å². The van der Waals surface area contributed by atoms with Crippen LogP contribution in [0.1, 0.15) is 31.7 Å². The number of phenols is 1. The van der Waals surface area contributed by atoms with Gasteiger partial charge in [0, 0.05) is 19.6 Å². The third kappa shape index (κ3) is 5.39. The van der Waals surface area contributed by atoms with Gasteiger partial charge in [-0.25, -0.2) is 4.39 Å². The summed E-state index contributed by atoms with van der Waals surface area (Å²) in [4.78, 5) is 4.46. The van der Waals surface area contributed by atoms with Crippen molar-refractivity contribution in [1.29, 1.82) is 0 Å². The molecule has 1 heterocycles. The van der Waals surface area contributed by atoms with Crippen LogP contribution >= 0.6 is 15.9 Å². The lowest BCUT2D eigenvalue weighted by Crippen LogP contribution is -2.33. The molecule has 0 radical (unpaired) electrons. The molecule has 1 N–H and O–H groups in total. The Labute approximate surface area is 175 Å². The first kappa shape index (κ1) is 20.9. The largest absolute Gasteiger partial charge is 0.507 e. The molecule has 0 saturated carbocycles.